The van der Waals surface area contributed by atoms with Crippen LogP contribution in [0.4, 0.5) is 0 Å². The van der Waals surface area contributed by atoms with Gasteiger partial charge in [0.2, 0.25) is 5.91 Å². The number of rotatable bonds is 6. The Morgan fingerprint density at radius 3 is 3.00 bits per heavy atom. The number of hydrogen-bond acceptors (Lipinski definition) is 5. The van der Waals surface area contributed by atoms with Gasteiger partial charge in [0.1, 0.15) is 5.75 Å². The average molecular weight is 388 g/mol. The molecular weight excluding hydrogens is 362 g/mol. The number of aryl methyl sites for hydroxylation is 1. The van der Waals surface area contributed by atoms with Gasteiger partial charge >= 0.3 is 0 Å². The topological polar surface area (TPSA) is 73.2 Å². The molecule has 2 aromatic rings. The number of aromatic nitrogens is 2. The lowest BCUT2D eigenvalue weighted by Gasteiger charge is -2.25. The Kier molecular flexibility index (Phi) is 6.21. The maximum Gasteiger partial charge on any atom is 0.257 e. The van der Waals surface area contributed by atoms with Crippen LogP contribution in [0.1, 0.15) is 23.7 Å². The molecule has 0 bridgehead atoms. The first-order chi connectivity index (χ1) is 13.0. The van der Waals surface area contributed by atoms with Crippen molar-refractivity contribution >= 4 is 17.7 Å². The van der Waals surface area contributed by atoms with E-state index < -0.39 is 0 Å². The van der Waals surface area contributed by atoms with Gasteiger partial charge in [-0.15, -0.1) is 0 Å². The third kappa shape index (κ3) is 4.35. The fourth-order valence-electron chi connectivity index (χ4n) is 3.26. The molecule has 144 valence electrons. The van der Waals surface area contributed by atoms with Gasteiger partial charge in [0.05, 0.1) is 13.0 Å². The summed E-state index contributed by atoms with van der Waals surface area (Å²) < 4.78 is 6.88. The smallest absolute Gasteiger partial charge is 0.257 e. The van der Waals surface area contributed by atoms with Gasteiger partial charge in [-0.1, -0.05) is 30.8 Å². The Hall–Kier alpha value is -2.28. The van der Waals surface area contributed by atoms with E-state index in [1.165, 1.54) is 11.8 Å². The number of methoxy groups -OCH3 is 1. The number of thioether (sulfide) groups is 1. The van der Waals surface area contributed by atoms with Crippen molar-refractivity contribution in [1.29, 1.82) is 0 Å². The van der Waals surface area contributed by atoms with E-state index in [1.54, 1.807) is 11.7 Å². The molecule has 2 heterocycles. The van der Waals surface area contributed by atoms with Crippen molar-refractivity contribution in [3.8, 4) is 5.75 Å². The van der Waals surface area contributed by atoms with E-state index in [-0.39, 0.29) is 17.4 Å². The summed E-state index contributed by atoms with van der Waals surface area (Å²) in [6.07, 6.45) is 1.39. The molecular formula is C20H25N3O3S. The van der Waals surface area contributed by atoms with Crippen LogP contribution >= 0.6 is 11.8 Å². The molecule has 0 aliphatic carbocycles. The number of nitrogens with one attached hydrogen (secondary N) is 1. The van der Waals surface area contributed by atoms with Gasteiger partial charge in [-0.25, -0.2) is 4.98 Å². The molecule has 0 radical (unpaired) electrons. The largest absolute Gasteiger partial charge is 0.497 e. The lowest BCUT2D eigenvalue weighted by Crippen LogP contribution is -2.41. The molecule has 3 rings (SSSR count). The fraction of sp³-hybridized carbons (Fsp3) is 0.450. The van der Waals surface area contributed by atoms with Crippen LogP contribution in [0.2, 0.25) is 0 Å². The van der Waals surface area contributed by atoms with Gasteiger partial charge in [-0.3, -0.25) is 14.2 Å². The molecule has 0 saturated heterocycles. The second kappa shape index (κ2) is 8.61. The van der Waals surface area contributed by atoms with Crippen molar-refractivity contribution < 1.29 is 9.53 Å². The molecule has 1 unspecified atom stereocenters. The molecule has 0 fully saturated rings. The minimum atomic E-state index is -0.222. The lowest BCUT2D eigenvalue weighted by molar-refractivity contribution is -0.124. The van der Waals surface area contributed by atoms with Gasteiger partial charge in [0, 0.05) is 30.1 Å². The zero-order valence-electron chi connectivity index (χ0n) is 15.9. The summed E-state index contributed by atoms with van der Waals surface area (Å²) in [5, 5.41) is 3.72. The van der Waals surface area contributed by atoms with Crippen molar-refractivity contribution in [3.63, 3.8) is 0 Å². The van der Waals surface area contributed by atoms with Gasteiger partial charge in [-0.2, -0.15) is 0 Å². The van der Waals surface area contributed by atoms with Crippen LogP contribution < -0.4 is 15.6 Å². The molecule has 1 amide bonds. The zero-order chi connectivity index (χ0) is 19.4. The molecule has 27 heavy (non-hydrogen) atoms. The number of ether oxygens (including phenoxy) is 1. The van der Waals surface area contributed by atoms with E-state index in [0.29, 0.717) is 25.3 Å². The number of fused-ring (bicyclic) bond motifs is 1. The number of hydrogen-bond donors (Lipinski definition) is 1. The van der Waals surface area contributed by atoms with Gasteiger partial charge in [0.25, 0.3) is 5.56 Å². The van der Waals surface area contributed by atoms with Crippen LogP contribution in [0.3, 0.4) is 0 Å². The summed E-state index contributed by atoms with van der Waals surface area (Å²) in [6, 6.07) is 7.83. The molecule has 1 aromatic heterocycles. The first-order valence-corrected chi connectivity index (χ1v) is 10.2. The van der Waals surface area contributed by atoms with Crippen LogP contribution in [0.15, 0.2) is 34.2 Å². The fourth-order valence-corrected chi connectivity index (χ4v) is 4.39. The average Bonchev–Trinajstić information content (AvgIpc) is 2.68. The van der Waals surface area contributed by atoms with Crippen molar-refractivity contribution in [2.45, 2.75) is 38.4 Å². The maximum absolute atomic E-state index is 12.7. The summed E-state index contributed by atoms with van der Waals surface area (Å²) in [5.41, 5.74) is 2.63. The van der Waals surface area contributed by atoms with Crippen LogP contribution in [0, 0.1) is 12.8 Å². The maximum atomic E-state index is 12.7. The van der Waals surface area contributed by atoms with E-state index in [1.807, 2.05) is 38.1 Å². The Morgan fingerprint density at radius 2 is 2.26 bits per heavy atom. The highest BCUT2D eigenvalue weighted by Gasteiger charge is 2.27. The van der Waals surface area contributed by atoms with Crippen LogP contribution in [-0.4, -0.2) is 34.9 Å². The lowest BCUT2D eigenvalue weighted by atomic mass is 10.1. The second-order valence-electron chi connectivity index (χ2n) is 6.63. The summed E-state index contributed by atoms with van der Waals surface area (Å²) >= 11 is 1.48. The first-order valence-electron chi connectivity index (χ1n) is 9.17. The van der Waals surface area contributed by atoms with E-state index in [4.69, 9.17) is 4.74 Å². The van der Waals surface area contributed by atoms with Gasteiger partial charge in [-0.05, 0) is 37.5 Å². The molecule has 1 aromatic carbocycles. The quantitative estimate of drug-likeness (QED) is 0.770. The first kappa shape index (κ1) is 19.5. The molecule has 6 nitrogen and oxygen atoms in total. The monoisotopic (exact) mass is 387 g/mol. The minimum absolute atomic E-state index is 0.0124. The Morgan fingerprint density at radius 1 is 1.44 bits per heavy atom. The third-order valence-electron chi connectivity index (χ3n) is 4.82. The van der Waals surface area contributed by atoms with Crippen LogP contribution in [0.5, 0.6) is 5.75 Å². The predicted molar refractivity (Wildman–Crippen MR) is 107 cm³/mol. The summed E-state index contributed by atoms with van der Waals surface area (Å²) in [4.78, 5) is 29.8. The van der Waals surface area contributed by atoms with E-state index in [2.05, 4.69) is 10.3 Å². The standard InChI is InChI=1S/C20H25N3O3S/c1-4-17-13(2)22-20-23(19(17)25)11-15(12-27-20)18(24)21-9-8-14-6-5-7-16(10-14)26-3/h5-7,10,15H,4,8-9,11-12H2,1-3H3,(H,21,24). The molecule has 7 heteroatoms. The van der Waals surface area contributed by atoms with Crippen molar-refractivity contribution in [3.05, 3.63) is 51.4 Å². The van der Waals surface area contributed by atoms with Crippen molar-refractivity contribution in [1.82, 2.24) is 14.9 Å². The molecule has 0 spiro atoms. The Balaban J connectivity index is 1.61. The van der Waals surface area contributed by atoms with Gasteiger partial charge in [0.15, 0.2) is 5.16 Å². The normalized spacial score (nSPS) is 15.9. The van der Waals surface area contributed by atoms with E-state index >= 15 is 0 Å². The highest BCUT2D eigenvalue weighted by molar-refractivity contribution is 7.99. The summed E-state index contributed by atoms with van der Waals surface area (Å²) in [5.74, 6) is 1.22. The molecule has 0 saturated carbocycles. The predicted octanol–water partition coefficient (Wildman–Crippen LogP) is 2.20. The second-order valence-corrected chi connectivity index (χ2v) is 7.62. The van der Waals surface area contributed by atoms with Gasteiger partial charge < -0.3 is 10.1 Å². The SMILES string of the molecule is CCc1c(C)nc2n(c1=O)CC(C(=O)NCCc1cccc(OC)c1)CS2. The number of benzene rings is 1. The molecule has 1 N–H and O–H groups in total. The number of nitrogens with zero attached hydrogens (tertiary/aromatic N) is 2. The van der Waals surface area contributed by atoms with Crippen LogP contribution in [-0.2, 0) is 24.2 Å². The molecule has 1 aliphatic rings. The van der Waals surface area contributed by atoms with Crippen molar-refractivity contribution in [2.75, 3.05) is 19.4 Å². The summed E-state index contributed by atoms with van der Waals surface area (Å²) in [7, 11) is 1.64. The zero-order valence-corrected chi connectivity index (χ0v) is 16.8. The number of amides is 1. The number of carbonyl (C=O) groups excluding carboxylic acids is 1. The molecule has 1 aliphatic heterocycles. The minimum Gasteiger partial charge on any atom is -0.497 e. The van der Waals surface area contributed by atoms with Crippen LogP contribution in [0.25, 0.3) is 0 Å². The highest BCUT2D eigenvalue weighted by atomic mass is 32.2. The third-order valence-corrected chi connectivity index (χ3v) is 5.96. The van der Waals surface area contributed by atoms with E-state index in [0.717, 1.165) is 34.1 Å². The van der Waals surface area contributed by atoms with Crippen molar-refractivity contribution in [2.24, 2.45) is 5.92 Å². The Bertz CT molecular complexity index is 895. The van der Waals surface area contributed by atoms with E-state index in [9.17, 15) is 9.59 Å². The molecule has 1 atom stereocenters. The Labute approximate surface area is 163 Å². The summed E-state index contributed by atoms with van der Waals surface area (Å²) in [6.45, 7) is 4.78. The number of carbonyl (C=O) groups is 1. The highest BCUT2D eigenvalue weighted by Crippen LogP contribution is 2.26.